The predicted octanol–water partition coefficient (Wildman–Crippen LogP) is 4.83. The number of amides is 1. The van der Waals surface area contributed by atoms with Crippen LogP contribution in [-0.2, 0) is 10.5 Å². The largest absolute Gasteiger partial charge is 0.325 e. The van der Waals surface area contributed by atoms with E-state index in [0.717, 1.165) is 22.0 Å². The first-order chi connectivity index (χ1) is 10.1. The van der Waals surface area contributed by atoms with Gasteiger partial charge in [0.05, 0.1) is 5.75 Å². The highest BCUT2D eigenvalue weighted by Crippen LogP contribution is 2.21. The fraction of sp³-hybridized carbons (Fsp3) is 0.235. The summed E-state index contributed by atoms with van der Waals surface area (Å²) < 4.78 is 0. The zero-order valence-corrected chi connectivity index (χ0v) is 13.7. The van der Waals surface area contributed by atoms with Crippen LogP contribution in [0.5, 0.6) is 0 Å². The second-order valence-corrected chi connectivity index (χ2v) is 6.32. The molecule has 0 heterocycles. The molecule has 0 aliphatic heterocycles. The second kappa shape index (κ2) is 7.53. The van der Waals surface area contributed by atoms with E-state index in [9.17, 15) is 4.79 Å². The van der Waals surface area contributed by atoms with Crippen LogP contribution < -0.4 is 5.32 Å². The Morgan fingerprint density at radius 2 is 1.90 bits per heavy atom. The summed E-state index contributed by atoms with van der Waals surface area (Å²) in [6, 6.07) is 13.6. The quantitative estimate of drug-likeness (QED) is 0.855. The molecular formula is C17H18ClNOS. The summed E-state index contributed by atoms with van der Waals surface area (Å²) in [4.78, 5) is 11.9. The summed E-state index contributed by atoms with van der Waals surface area (Å²) in [5.74, 6) is 1.16. The normalized spacial score (nSPS) is 10.4. The van der Waals surface area contributed by atoms with Gasteiger partial charge >= 0.3 is 0 Å². The Hall–Kier alpha value is -1.45. The topological polar surface area (TPSA) is 29.1 Å². The molecule has 2 aromatic carbocycles. The number of thioether (sulfide) groups is 1. The molecule has 0 fully saturated rings. The van der Waals surface area contributed by atoms with Gasteiger partial charge in [0, 0.05) is 16.5 Å². The molecule has 0 atom stereocenters. The Labute approximate surface area is 134 Å². The number of halogens is 1. The van der Waals surface area contributed by atoms with Gasteiger partial charge in [-0.2, -0.15) is 0 Å². The summed E-state index contributed by atoms with van der Waals surface area (Å²) in [6.45, 7) is 4.09. The molecular weight excluding hydrogens is 302 g/mol. The smallest absolute Gasteiger partial charge is 0.234 e. The fourth-order valence-electron chi connectivity index (χ4n) is 1.89. The number of hydrogen-bond acceptors (Lipinski definition) is 2. The van der Waals surface area contributed by atoms with Gasteiger partial charge in [-0.15, -0.1) is 11.8 Å². The van der Waals surface area contributed by atoms with Crippen molar-refractivity contribution in [2.75, 3.05) is 11.1 Å². The lowest BCUT2D eigenvalue weighted by Gasteiger charge is -2.08. The van der Waals surface area contributed by atoms with Crippen LogP contribution in [0.2, 0.25) is 5.02 Å². The average molecular weight is 320 g/mol. The highest BCUT2D eigenvalue weighted by molar-refractivity contribution is 7.99. The second-order valence-electron chi connectivity index (χ2n) is 4.93. The number of carbonyl (C=O) groups excluding carboxylic acids is 1. The maximum absolute atomic E-state index is 11.9. The summed E-state index contributed by atoms with van der Waals surface area (Å²) in [7, 11) is 0. The number of anilines is 1. The lowest BCUT2D eigenvalue weighted by Crippen LogP contribution is -2.14. The van der Waals surface area contributed by atoms with Crippen LogP contribution in [0.15, 0.2) is 42.5 Å². The molecule has 0 bridgehead atoms. The van der Waals surface area contributed by atoms with E-state index in [-0.39, 0.29) is 5.91 Å². The van der Waals surface area contributed by atoms with Gasteiger partial charge in [-0.05, 0) is 48.7 Å². The number of benzene rings is 2. The lowest BCUT2D eigenvalue weighted by molar-refractivity contribution is -0.113. The molecule has 1 N–H and O–H groups in total. The molecule has 0 aliphatic rings. The van der Waals surface area contributed by atoms with Crippen molar-refractivity contribution in [1.82, 2.24) is 0 Å². The highest BCUT2D eigenvalue weighted by Gasteiger charge is 2.05. The van der Waals surface area contributed by atoms with Crippen LogP contribution in [-0.4, -0.2) is 11.7 Å². The van der Waals surface area contributed by atoms with Gasteiger partial charge in [-0.1, -0.05) is 35.9 Å². The molecule has 4 heteroatoms. The van der Waals surface area contributed by atoms with E-state index < -0.39 is 0 Å². The van der Waals surface area contributed by atoms with Crippen LogP contribution in [0.1, 0.15) is 16.7 Å². The zero-order chi connectivity index (χ0) is 15.2. The van der Waals surface area contributed by atoms with Crippen LogP contribution >= 0.6 is 23.4 Å². The van der Waals surface area contributed by atoms with Crippen LogP contribution in [0.25, 0.3) is 0 Å². The van der Waals surface area contributed by atoms with Gasteiger partial charge in [-0.25, -0.2) is 0 Å². The molecule has 110 valence electrons. The third-order valence-corrected chi connectivity index (χ3v) is 4.59. The molecule has 1 amide bonds. The molecule has 21 heavy (non-hydrogen) atoms. The lowest BCUT2D eigenvalue weighted by atomic mass is 10.1. The van der Waals surface area contributed by atoms with Crippen molar-refractivity contribution >= 4 is 35.0 Å². The molecule has 0 unspecified atom stereocenters. The Morgan fingerprint density at radius 3 is 2.62 bits per heavy atom. The highest BCUT2D eigenvalue weighted by atomic mass is 35.5. The number of nitrogens with one attached hydrogen (secondary N) is 1. The minimum Gasteiger partial charge on any atom is -0.325 e. The van der Waals surface area contributed by atoms with Gasteiger partial charge in [-0.3, -0.25) is 4.79 Å². The van der Waals surface area contributed by atoms with E-state index in [1.165, 1.54) is 11.1 Å². The van der Waals surface area contributed by atoms with Crippen molar-refractivity contribution in [3.63, 3.8) is 0 Å². The Morgan fingerprint density at radius 1 is 1.14 bits per heavy atom. The maximum atomic E-state index is 11.9. The van der Waals surface area contributed by atoms with Gasteiger partial charge in [0.2, 0.25) is 5.91 Å². The molecule has 2 rings (SSSR count). The molecule has 2 aromatic rings. The van der Waals surface area contributed by atoms with Crippen LogP contribution in [0.3, 0.4) is 0 Å². The van der Waals surface area contributed by atoms with Crippen molar-refractivity contribution < 1.29 is 4.79 Å². The van der Waals surface area contributed by atoms with E-state index in [0.29, 0.717) is 5.75 Å². The van der Waals surface area contributed by atoms with Crippen LogP contribution in [0, 0.1) is 13.8 Å². The molecule has 0 aliphatic carbocycles. The Kier molecular flexibility index (Phi) is 5.71. The minimum atomic E-state index is 0.00954. The molecule has 0 saturated carbocycles. The van der Waals surface area contributed by atoms with Crippen LogP contribution in [0.4, 0.5) is 5.69 Å². The first-order valence-electron chi connectivity index (χ1n) is 6.74. The predicted molar refractivity (Wildman–Crippen MR) is 92.2 cm³/mol. The standard InChI is InChI=1S/C17H18ClNOS/c1-12-7-8-15(9-13(12)2)19-17(20)11-21-10-14-5-3-4-6-16(14)18/h3-9H,10-11H2,1-2H3,(H,19,20). The number of hydrogen-bond donors (Lipinski definition) is 1. The summed E-state index contributed by atoms with van der Waals surface area (Å²) in [5.41, 5.74) is 4.31. The number of aryl methyl sites for hydroxylation is 2. The fourth-order valence-corrected chi connectivity index (χ4v) is 3.00. The Balaban J connectivity index is 1.82. The average Bonchev–Trinajstić information content (AvgIpc) is 2.45. The van der Waals surface area contributed by atoms with E-state index in [1.54, 1.807) is 11.8 Å². The van der Waals surface area contributed by atoms with E-state index in [4.69, 9.17) is 11.6 Å². The van der Waals surface area contributed by atoms with Crippen molar-refractivity contribution in [2.45, 2.75) is 19.6 Å². The molecule has 2 nitrogen and oxygen atoms in total. The van der Waals surface area contributed by atoms with Crippen molar-refractivity contribution in [3.05, 3.63) is 64.2 Å². The first-order valence-corrected chi connectivity index (χ1v) is 8.28. The van der Waals surface area contributed by atoms with Gasteiger partial charge in [0.15, 0.2) is 0 Å². The van der Waals surface area contributed by atoms with Gasteiger partial charge < -0.3 is 5.32 Å². The molecule has 0 aromatic heterocycles. The maximum Gasteiger partial charge on any atom is 0.234 e. The molecule has 0 saturated heterocycles. The Bertz CT molecular complexity index is 642. The van der Waals surface area contributed by atoms with Crippen molar-refractivity contribution in [3.8, 4) is 0 Å². The third kappa shape index (κ3) is 4.80. The monoisotopic (exact) mass is 319 g/mol. The van der Waals surface area contributed by atoms with Crippen molar-refractivity contribution in [2.24, 2.45) is 0 Å². The minimum absolute atomic E-state index is 0.00954. The zero-order valence-electron chi connectivity index (χ0n) is 12.2. The summed E-state index contributed by atoms with van der Waals surface area (Å²) in [6.07, 6.45) is 0. The van der Waals surface area contributed by atoms with Crippen molar-refractivity contribution in [1.29, 1.82) is 0 Å². The summed E-state index contributed by atoms with van der Waals surface area (Å²) >= 11 is 7.65. The molecule has 0 radical (unpaired) electrons. The van der Waals surface area contributed by atoms with Gasteiger partial charge in [0.25, 0.3) is 0 Å². The first kappa shape index (κ1) is 15.9. The SMILES string of the molecule is Cc1ccc(NC(=O)CSCc2ccccc2Cl)cc1C. The van der Waals surface area contributed by atoms with E-state index in [2.05, 4.69) is 12.2 Å². The van der Waals surface area contributed by atoms with Gasteiger partial charge in [0.1, 0.15) is 0 Å². The molecule has 0 spiro atoms. The third-order valence-electron chi connectivity index (χ3n) is 3.24. The summed E-state index contributed by atoms with van der Waals surface area (Å²) in [5, 5.41) is 3.67. The van der Waals surface area contributed by atoms with E-state index >= 15 is 0 Å². The van der Waals surface area contributed by atoms with E-state index in [1.807, 2.05) is 49.4 Å². The number of carbonyl (C=O) groups is 1. The number of rotatable bonds is 5.